The van der Waals surface area contributed by atoms with Crippen LogP contribution in [0.4, 0.5) is 5.82 Å². The van der Waals surface area contributed by atoms with Crippen molar-refractivity contribution < 1.29 is 14.7 Å². The lowest BCUT2D eigenvalue weighted by Crippen LogP contribution is -2.31. The number of carbonyl (C=O) groups excluding carboxylic acids is 1. The van der Waals surface area contributed by atoms with Crippen LogP contribution in [0.2, 0.25) is 0 Å². The number of hydrogen-bond donors (Lipinski definition) is 3. The van der Waals surface area contributed by atoms with Gasteiger partial charge in [-0.15, -0.1) is 0 Å². The second-order valence-corrected chi connectivity index (χ2v) is 5.62. The summed E-state index contributed by atoms with van der Waals surface area (Å²) in [6.45, 7) is 3.37. The molecular formula is C15H21N3O3. The average molecular weight is 291 g/mol. The highest BCUT2D eigenvalue weighted by molar-refractivity contribution is 5.98. The van der Waals surface area contributed by atoms with Crippen LogP contribution in [0.25, 0.3) is 0 Å². The zero-order valence-electron chi connectivity index (χ0n) is 12.3. The number of nitrogens with two attached hydrogens (primary N) is 1. The second-order valence-electron chi connectivity index (χ2n) is 5.62. The van der Waals surface area contributed by atoms with Gasteiger partial charge in [-0.3, -0.25) is 9.59 Å². The minimum atomic E-state index is -0.895. The molecule has 114 valence electrons. The average Bonchev–Trinajstić information content (AvgIpc) is 2.45. The number of anilines is 1. The van der Waals surface area contributed by atoms with Crippen molar-refractivity contribution in [2.75, 3.05) is 5.32 Å². The van der Waals surface area contributed by atoms with E-state index in [4.69, 9.17) is 10.8 Å². The molecule has 0 saturated heterocycles. The number of pyridine rings is 1. The van der Waals surface area contributed by atoms with Crippen LogP contribution in [-0.2, 0) is 17.6 Å². The Kier molecular flexibility index (Phi) is 4.45. The summed E-state index contributed by atoms with van der Waals surface area (Å²) in [7, 11) is 0. The first-order valence-corrected chi connectivity index (χ1v) is 7.22. The van der Waals surface area contributed by atoms with Crippen LogP contribution in [0, 0.1) is 5.92 Å². The summed E-state index contributed by atoms with van der Waals surface area (Å²) in [6.07, 6.45) is 3.96. The second kappa shape index (κ2) is 6.11. The molecule has 6 nitrogen and oxygen atoms in total. The number of rotatable bonds is 5. The Hall–Kier alpha value is -2.11. The van der Waals surface area contributed by atoms with E-state index >= 15 is 0 Å². The van der Waals surface area contributed by atoms with E-state index in [9.17, 15) is 9.59 Å². The van der Waals surface area contributed by atoms with Gasteiger partial charge in [-0.05, 0) is 51.2 Å². The van der Waals surface area contributed by atoms with Gasteiger partial charge in [0.2, 0.25) is 0 Å². The first-order valence-electron chi connectivity index (χ1n) is 7.22. The summed E-state index contributed by atoms with van der Waals surface area (Å²) in [5.74, 6) is -1.64. The molecule has 21 heavy (non-hydrogen) atoms. The first kappa shape index (κ1) is 15.3. The van der Waals surface area contributed by atoms with Crippen molar-refractivity contribution >= 4 is 17.7 Å². The van der Waals surface area contributed by atoms with Gasteiger partial charge in [-0.1, -0.05) is 0 Å². The van der Waals surface area contributed by atoms with Crippen molar-refractivity contribution in [1.29, 1.82) is 0 Å². The van der Waals surface area contributed by atoms with Crippen LogP contribution in [0.15, 0.2) is 6.07 Å². The number of nitrogens with one attached hydrogen (secondary N) is 1. The lowest BCUT2D eigenvalue weighted by Gasteiger charge is -2.22. The Morgan fingerprint density at radius 1 is 1.33 bits per heavy atom. The van der Waals surface area contributed by atoms with E-state index in [1.165, 1.54) is 0 Å². The molecular weight excluding hydrogens is 270 g/mol. The maximum absolute atomic E-state index is 11.6. The molecule has 6 heteroatoms. The van der Waals surface area contributed by atoms with Crippen molar-refractivity contribution in [3.05, 3.63) is 22.9 Å². The highest BCUT2D eigenvalue weighted by atomic mass is 16.4. The van der Waals surface area contributed by atoms with Crippen molar-refractivity contribution in [3.8, 4) is 0 Å². The van der Waals surface area contributed by atoms with Gasteiger partial charge in [-0.25, -0.2) is 4.98 Å². The summed E-state index contributed by atoms with van der Waals surface area (Å²) in [5.41, 5.74) is 7.80. The molecule has 2 atom stereocenters. The molecule has 1 aliphatic carbocycles. The number of amides is 1. The fourth-order valence-electron chi connectivity index (χ4n) is 2.49. The molecule has 0 saturated carbocycles. The summed E-state index contributed by atoms with van der Waals surface area (Å²) in [4.78, 5) is 27.2. The number of aliphatic carboxylic acids is 1. The topological polar surface area (TPSA) is 105 Å². The Bertz CT molecular complexity index is 572. The van der Waals surface area contributed by atoms with Gasteiger partial charge >= 0.3 is 5.97 Å². The van der Waals surface area contributed by atoms with Gasteiger partial charge in [0.1, 0.15) is 5.82 Å². The fourth-order valence-corrected chi connectivity index (χ4v) is 2.49. The molecule has 1 amide bonds. The van der Waals surface area contributed by atoms with Crippen molar-refractivity contribution in [2.45, 2.75) is 45.6 Å². The first-order chi connectivity index (χ1) is 9.90. The van der Waals surface area contributed by atoms with Crippen molar-refractivity contribution in [3.63, 3.8) is 0 Å². The normalized spacial score (nSPS) is 16.7. The zero-order chi connectivity index (χ0) is 15.6. The molecule has 0 aromatic carbocycles. The minimum absolute atomic E-state index is 0.333. The molecule has 4 N–H and O–H groups in total. The highest BCUT2D eigenvalue weighted by Crippen LogP contribution is 2.25. The Balaban J connectivity index is 2.33. The quantitative estimate of drug-likeness (QED) is 0.763. The fraction of sp³-hybridized carbons (Fsp3) is 0.533. The predicted octanol–water partition coefficient (Wildman–Crippen LogP) is 1.58. The molecule has 0 fully saturated rings. The van der Waals surface area contributed by atoms with Gasteiger partial charge < -0.3 is 16.2 Å². The smallest absolute Gasteiger partial charge is 0.308 e. The molecule has 1 aromatic heterocycles. The van der Waals surface area contributed by atoms with E-state index in [1.54, 1.807) is 19.9 Å². The van der Waals surface area contributed by atoms with Gasteiger partial charge in [0.05, 0.1) is 11.5 Å². The lowest BCUT2D eigenvalue weighted by molar-refractivity contribution is -0.141. The molecule has 0 bridgehead atoms. The third kappa shape index (κ3) is 3.32. The Morgan fingerprint density at radius 3 is 2.62 bits per heavy atom. The van der Waals surface area contributed by atoms with E-state index in [0.29, 0.717) is 11.4 Å². The van der Waals surface area contributed by atoms with Crippen LogP contribution in [0.1, 0.15) is 48.3 Å². The van der Waals surface area contributed by atoms with Crippen molar-refractivity contribution in [1.82, 2.24) is 4.98 Å². The summed E-state index contributed by atoms with van der Waals surface area (Å²) < 4.78 is 0. The largest absolute Gasteiger partial charge is 0.481 e. The van der Waals surface area contributed by atoms with Crippen molar-refractivity contribution in [2.24, 2.45) is 11.7 Å². The van der Waals surface area contributed by atoms with E-state index < -0.39 is 17.8 Å². The third-order valence-electron chi connectivity index (χ3n) is 4.07. The minimum Gasteiger partial charge on any atom is -0.481 e. The van der Waals surface area contributed by atoms with Crippen LogP contribution in [-0.4, -0.2) is 28.0 Å². The van der Waals surface area contributed by atoms with E-state index in [1.807, 2.05) is 0 Å². The van der Waals surface area contributed by atoms with Crippen LogP contribution in [0.5, 0.6) is 0 Å². The van der Waals surface area contributed by atoms with Crippen LogP contribution < -0.4 is 11.1 Å². The monoisotopic (exact) mass is 291 g/mol. The molecule has 1 aliphatic rings. The Morgan fingerprint density at radius 2 is 2.00 bits per heavy atom. The third-order valence-corrected chi connectivity index (χ3v) is 4.07. The van der Waals surface area contributed by atoms with Gasteiger partial charge in [-0.2, -0.15) is 0 Å². The standard InChI is InChI=1S/C15H21N3O3/c1-8(15(20)21)9(2)17-14-11(13(16)19)7-10-5-3-4-6-12(10)18-14/h7-9H,3-6H2,1-2H3,(H2,16,19)(H,17,18)(H,20,21). The zero-order valence-corrected chi connectivity index (χ0v) is 12.3. The summed E-state index contributed by atoms with van der Waals surface area (Å²) in [5, 5.41) is 12.1. The van der Waals surface area contributed by atoms with Crippen LogP contribution >= 0.6 is 0 Å². The SMILES string of the molecule is CC(Nc1nc2c(cc1C(N)=O)CCCC2)C(C)C(=O)O. The molecule has 0 spiro atoms. The van der Waals surface area contributed by atoms with E-state index in [0.717, 1.165) is 36.9 Å². The molecule has 1 aromatic rings. The van der Waals surface area contributed by atoms with Gasteiger partial charge in [0.25, 0.3) is 5.91 Å². The predicted molar refractivity (Wildman–Crippen MR) is 79.3 cm³/mol. The number of hydrogen-bond acceptors (Lipinski definition) is 4. The highest BCUT2D eigenvalue weighted by Gasteiger charge is 2.23. The maximum atomic E-state index is 11.6. The van der Waals surface area contributed by atoms with Crippen LogP contribution in [0.3, 0.4) is 0 Å². The maximum Gasteiger partial charge on any atom is 0.308 e. The lowest BCUT2D eigenvalue weighted by atomic mass is 9.94. The number of nitrogens with zero attached hydrogens (tertiary/aromatic N) is 1. The number of carboxylic acid groups (broad SMARTS) is 1. The Labute approximate surface area is 123 Å². The number of aromatic nitrogens is 1. The van der Waals surface area contributed by atoms with E-state index in [-0.39, 0.29) is 6.04 Å². The van der Waals surface area contributed by atoms with Gasteiger partial charge in [0.15, 0.2) is 0 Å². The van der Waals surface area contributed by atoms with E-state index in [2.05, 4.69) is 10.3 Å². The number of carbonyl (C=O) groups is 2. The molecule has 0 radical (unpaired) electrons. The summed E-state index contributed by atoms with van der Waals surface area (Å²) in [6, 6.07) is 1.44. The molecule has 0 aliphatic heterocycles. The number of aryl methyl sites for hydroxylation is 2. The number of carboxylic acids is 1. The number of primary amides is 1. The number of fused-ring (bicyclic) bond motifs is 1. The molecule has 1 heterocycles. The molecule has 2 rings (SSSR count). The van der Waals surface area contributed by atoms with Gasteiger partial charge in [0, 0.05) is 11.7 Å². The summed E-state index contributed by atoms with van der Waals surface area (Å²) >= 11 is 0. The molecule has 2 unspecified atom stereocenters.